The molecular weight excluding hydrogens is 245 g/mol. The Morgan fingerprint density at radius 2 is 2.05 bits per heavy atom. The number of nitrogens with one attached hydrogen (secondary N) is 1. The Bertz CT molecular complexity index is 431. The lowest BCUT2D eigenvalue weighted by Crippen LogP contribution is -2.46. The number of nitrogens with zero attached hydrogens (tertiary/aromatic N) is 2. The van der Waals surface area contributed by atoms with Crippen molar-refractivity contribution in [3.05, 3.63) is 29.6 Å². The number of halogens is 1. The standard InChI is InChI=1S/C14H20FN3O/c1-16-5-4-12-2-3-14(13(15)10-12)18-8-6-17(11-19)7-9-18/h2-3,10-11,16H,4-9H2,1H3. The second-order valence-corrected chi connectivity index (χ2v) is 4.77. The molecule has 1 amide bonds. The average molecular weight is 265 g/mol. The highest BCUT2D eigenvalue weighted by Crippen LogP contribution is 2.22. The number of rotatable bonds is 5. The molecule has 0 aliphatic carbocycles. The van der Waals surface area contributed by atoms with Crippen LogP contribution < -0.4 is 10.2 Å². The first-order valence-electron chi connectivity index (χ1n) is 6.62. The molecule has 19 heavy (non-hydrogen) atoms. The third-order valence-electron chi connectivity index (χ3n) is 3.48. The van der Waals surface area contributed by atoms with Crippen LogP contribution in [0.5, 0.6) is 0 Å². The van der Waals surface area contributed by atoms with E-state index in [1.807, 2.05) is 24.1 Å². The van der Waals surface area contributed by atoms with Crippen LogP contribution in [0.1, 0.15) is 5.56 Å². The van der Waals surface area contributed by atoms with E-state index in [0.717, 1.165) is 24.9 Å². The van der Waals surface area contributed by atoms with Crippen molar-refractivity contribution in [2.24, 2.45) is 0 Å². The number of hydrogen-bond donors (Lipinski definition) is 1. The molecule has 1 N–H and O–H groups in total. The van der Waals surface area contributed by atoms with Gasteiger partial charge in [0.1, 0.15) is 5.82 Å². The second kappa shape index (κ2) is 6.52. The van der Waals surface area contributed by atoms with Crippen molar-refractivity contribution in [1.82, 2.24) is 10.2 Å². The molecule has 1 saturated heterocycles. The van der Waals surface area contributed by atoms with Gasteiger partial charge in [0.15, 0.2) is 0 Å². The molecule has 0 radical (unpaired) electrons. The van der Waals surface area contributed by atoms with Gasteiger partial charge in [0, 0.05) is 26.2 Å². The highest BCUT2D eigenvalue weighted by atomic mass is 19.1. The molecule has 1 aliphatic heterocycles. The van der Waals surface area contributed by atoms with Gasteiger partial charge in [0.2, 0.25) is 6.41 Å². The van der Waals surface area contributed by atoms with E-state index in [2.05, 4.69) is 5.32 Å². The Kier molecular flexibility index (Phi) is 4.74. The van der Waals surface area contributed by atoms with Crippen molar-refractivity contribution < 1.29 is 9.18 Å². The molecule has 104 valence electrons. The van der Waals surface area contributed by atoms with Gasteiger partial charge in [0.05, 0.1) is 5.69 Å². The van der Waals surface area contributed by atoms with E-state index < -0.39 is 0 Å². The number of hydrogen-bond acceptors (Lipinski definition) is 3. The summed E-state index contributed by atoms with van der Waals surface area (Å²) in [5, 5.41) is 3.05. The summed E-state index contributed by atoms with van der Waals surface area (Å²) in [6.45, 7) is 3.53. The van der Waals surface area contributed by atoms with Gasteiger partial charge < -0.3 is 15.1 Å². The van der Waals surface area contributed by atoms with Gasteiger partial charge in [-0.2, -0.15) is 0 Å². The number of carbonyl (C=O) groups excluding carboxylic acids is 1. The summed E-state index contributed by atoms with van der Waals surface area (Å²) >= 11 is 0. The van der Waals surface area contributed by atoms with Crippen molar-refractivity contribution in [3.8, 4) is 0 Å². The molecule has 0 spiro atoms. The predicted octanol–water partition coefficient (Wildman–Crippen LogP) is 0.866. The second-order valence-electron chi connectivity index (χ2n) is 4.77. The fourth-order valence-electron chi connectivity index (χ4n) is 2.30. The molecule has 0 bridgehead atoms. The number of anilines is 1. The maximum Gasteiger partial charge on any atom is 0.209 e. The van der Waals surface area contributed by atoms with Crippen molar-refractivity contribution in [2.75, 3.05) is 44.7 Å². The lowest BCUT2D eigenvalue weighted by molar-refractivity contribution is -0.118. The first-order valence-corrected chi connectivity index (χ1v) is 6.62. The molecule has 0 aromatic heterocycles. The van der Waals surface area contributed by atoms with Crippen molar-refractivity contribution in [2.45, 2.75) is 6.42 Å². The van der Waals surface area contributed by atoms with Gasteiger partial charge in [0.25, 0.3) is 0 Å². The zero-order valence-electron chi connectivity index (χ0n) is 11.2. The molecular formula is C14H20FN3O. The van der Waals surface area contributed by atoms with Crippen LogP contribution in [-0.4, -0.2) is 51.1 Å². The first kappa shape index (κ1) is 13.8. The average Bonchev–Trinajstić information content (AvgIpc) is 2.45. The SMILES string of the molecule is CNCCc1ccc(N2CCN(C=O)CC2)c(F)c1. The molecule has 1 aliphatic rings. The van der Waals surface area contributed by atoms with Crippen LogP contribution in [0.2, 0.25) is 0 Å². The highest BCUT2D eigenvalue weighted by Gasteiger charge is 2.18. The smallest absolute Gasteiger partial charge is 0.209 e. The minimum atomic E-state index is -0.173. The zero-order chi connectivity index (χ0) is 13.7. The number of likely N-dealkylation sites (N-methyl/N-ethyl adjacent to an activating group) is 1. The molecule has 2 rings (SSSR count). The zero-order valence-corrected chi connectivity index (χ0v) is 11.2. The van der Waals surface area contributed by atoms with Crippen LogP contribution >= 0.6 is 0 Å². The summed E-state index contributed by atoms with van der Waals surface area (Å²) in [7, 11) is 1.89. The van der Waals surface area contributed by atoms with Crippen LogP contribution in [-0.2, 0) is 11.2 Å². The summed E-state index contributed by atoms with van der Waals surface area (Å²) in [5.41, 5.74) is 1.64. The molecule has 0 atom stereocenters. The third-order valence-corrected chi connectivity index (χ3v) is 3.48. The Hall–Kier alpha value is -1.62. The van der Waals surface area contributed by atoms with Gasteiger partial charge in [-0.25, -0.2) is 4.39 Å². The quantitative estimate of drug-likeness (QED) is 0.802. The molecule has 1 heterocycles. The number of amides is 1. The van der Waals surface area contributed by atoms with E-state index in [1.54, 1.807) is 11.0 Å². The van der Waals surface area contributed by atoms with Gasteiger partial charge in [-0.1, -0.05) is 6.07 Å². The van der Waals surface area contributed by atoms with Crippen LogP contribution in [0.15, 0.2) is 18.2 Å². The molecule has 1 fully saturated rings. The molecule has 1 aromatic carbocycles. The molecule has 1 aromatic rings. The molecule has 0 unspecified atom stereocenters. The number of benzene rings is 1. The van der Waals surface area contributed by atoms with Crippen LogP contribution in [0, 0.1) is 5.82 Å². The third kappa shape index (κ3) is 3.44. The van der Waals surface area contributed by atoms with E-state index in [1.165, 1.54) is 0 Å². The minimum absolute atomic E-state index is 0.173. The van der Waals surface area contributed by atoms with Crippen molar-refractivity contribution in [3.63, 3.8) is 0 Å². The summed E-state index contributed by atoms with van der Waals surface area (Å²) in [6.07, 6.45) is 1.68. The van der Waals surface area contributed by atoms with Gasteiger partial charge in [-0.15, -0.1) is 0 Å². The van der Waals surface area contributed by atoms with E-state index in [-0.39, 0.29) is 5.82 Å². The van der Waals surface area contributed by atoms with Crippen LogP contribution in [0.25, 0.3) is 0 Å². The van der Waals surface area contributed by atoms with E-state index >= 15 is 0 Å². The van der Waals surface area contributed by atoms with Crippen LogP contribution in [0.4, 0.5) is 10.1 Å². The number of carbonyl (C=O) groups is 1. The Labute approximate surface area is 113 Å². The van der Waals surface area contributed by atoms with E-state index in [4.69, 9.17) is 0 Å². The fraction of sp³-hybridized carbons (Fsp3) is 0.500. The molecule has 4 nitrogen and oxygen atoms in total. The van der Waals surface area contributed by atoms with Gasteiger partial charge in [-0.05, 0) is 37.7 Å². The topological polar surface area (TPSA) is 35.6 Å². The Morgan fingerprint density at radius 3 is 2.63 bits per heavy atom. The van der Waals surface area contributed by atoms with E-state index in [9.17, 15) is 9.18 Å². The Balaban J connectivity index is 2.02. The fourth-order valence-corrected chi connectivity index (χ4v) is 2.30. The van der Waals surface area contributed by atoms with E-state index in [0.29, 0.717) is 31.9 Å². The maximum atomic E-state index is 14.1. The summed E-state index contributed by atoms with van der Waals surface area (Å²) in [4.78, 5) is 14.4. The largest absolute Gasteiger partial charge is 0.366 e. The van der Waals surface area contributed by atoms with Gasteiger partial charge >= 0.3 is 0 Å². The summed E-state index contributed by atoms with van der Waals surface area (Å²) < 4.78 is 14.1. The minimum Gasteiger partial charge on any atom is -0.366 e. The normalized spacial score (nSPS) is 15.7. The van der Waals surface area contributed by atoms with Gasteiger partial charge in [-0.3, -0.25) is 4.79 Å². The predicted molar refractivity (Wildman–Crippen MR) is 73.9 cm³/mol. The summed E-state index contributed by atoms with van der Waals surface area (Å²) in [6, 6.07) is 5.43. The van der Waals surface area contributed by atoms with Crippen molar-refractivity contribution in [1.29, 1.82) is 0 Å². The lowest BCUT2D eigenvalue weighted by atomic mass is 10.1. The first-order chi connectivity index (χ1) is 9.24. The highest BCUT2D eigenvalue weighted by molar-refractivity contribution is 5.52. The van der Waals surface area contributed by atoms with Crippen LogP contribution in [0.3, 0.4) is 0 Å². The monoisotopic (exact) mass is 265 g/mol. The maximum absolute atomic E-state index is 14.1. The van der Waals surface area contributed by atoms with Crippen molar-refractivity contribution >= 4 is 12.1 Å². The number of piperazine rings is 1. The molecule has 5 heteroatoms. The molecule has 0 saturated carbocycles. The summed E-state index contributed by atoms with van der Waals surface area (Å²) in [5.74, 6) is -0.173. The lowest BCUT2D eigenvalue weighted by Gasteiger charge is -2.34. The Morgan fingerprint density at radius 1 is 1.32 bits per heavy atom.